The van der Waals surface area contributed by atoms with Crippen molar-refractivity contribution in [2.75, 3.05) is 13.7 Å². The molecule has 0 saturated carbocycles. The Bertz CT molecular complexity index is 817. The van der Waals surface area contributed by atoms with Crippen molar-refractivity contribution < 1.29 is 23.8 Å². The molecule has 0 fully saturated rings. The van der Waals surface area contributed by atoms with Crippen molar-refractivity contribution in [3.8, 4) is 5.75 Å². The maximum absolute atomic E-state index is 14.0. The maximum Gasteiger partial charge on any atom is 0.335 e. The number of methoxy groups -OCH3 is 1. The summed E-state index contributed by atoms with van der Waals surface area (Å²) in [5, 5.41) is 11.8. The van der Waals surface area contributed by atoms with Crippen molar-refractivity contribution in [3.05, 3.63) is 65.0 Å². The van der Waals surface area contributed by atoms with Gasteiger partial charge in [0.2, 0.25) is 5.91 Å². The Hall–Kier alpha value is -2.89. The number of carboxylic acid groups (broad SMARTS) is 1. The Morgan fingerprint density at radius 3 is 2.50 bits per heavy atom. The number of carboxylic acids is 1. The molecule has 5 nitrogen and oxygen atoms in total. The molecule has 2 N–H and O–H groups in total. The van der Waals surface area contributed by atoms with E-state index in [1.54, 1.807) is 38.1 Å². The standard InChI is InChI=1S/C20H22FNO4/c1-20(2,15-6-4-5-7-16(15)21)19(25)22-11-10-13-8-9-14(18(23)24)12-17(13)26-3/h4-9,12H,10-11H2,1-3H3,(H,22,25)(H,23,24). The van der Waals surface area contributed by atoms with Crippen LogP contribution in [-0.2, 0) is 16.6 Å². The van der Waals surface area contributed by atoms with Gasteiger partial charge in [-0.25, -0.2) is 9.18 Å². The van der Waals surface area contributed by atoms with Crippen LogP contribution in [0.25, 0.3) is 0 Å². The number of aromatic carboxylic acids is 1. The second-order valence-electron chi connectivity index (χ2n) is 6.44. The molecule has 0 aliphatic heterocycles. The number of benzene rings is 2. The average Bonchev–Trinajstić information content (AvgIpc) is 2.61. The maximum atomic E-state index is 14.0. The van der Waals surface area contributed by atoms with Gasteiger partial charge < -0.3 is 15.2 Å². The number of nitrogens with one attached hydrogen (secondary N) is 1. The molecule has 0 unspecified atom stereocenters. The first kappa shape index (κ1) is 19.4. The molecule has 26 heavy (non-hydrogen) atoms. The van der Waals surface area contributed by atoms with Crippen LogP contribution in [0.1, 0.15) is 35.3 Å². The summed E-state index contributed by atoms with van der Waals surface area (Å²) in [6, 6.07) is 10.8. The highest BCUT2D eigenvalue weighted by molar-refractivity contribution is 5.88. The Kier molecular flexibility index (Phi) is 5.97. The minimum Gasteiger partial charge on any atom is -0.496 e. The fourth-order valence-electron chi connectivity index (χ4n) is 2.71. The van der Waals surface area contributed by atoms with E-state index in [1.165, 1.54) is 25.3 Å². The molecule has 2 aromatic rings. The monoisotopic (exact) mass is 359 g/mol. The van der Waals surface area contributed by atoms with Gasteiger partial charge >= 0.3 is 5.97 Å². The van der Waals surface area contributed by atoms with Crippen molar-refractivity contribution in [3.63, 3.8) is 0 Å². The molecule has 0 spiro atoms. The zero-order chi connectivity index (χ0) is 19.3. The van der Waals surface area contributed by atoms with E-state index in [4.69, 9.17) is 9.84 Å². The molecule has 6 heteroatoms. The molecule has 0 aliphatic carbocycles. The van der Waals surface area contributed by atoms with Crippen LogP contribution >= 0.6 is 0 Å². The summed E-state index contributed by atoms with van der Waals surface area (Å²) in [4.78, 5) is 23.5. The molecule has 0 bridgehead atoms. The molecule has 2 rings (SSSR count). The number of ether oxygens (including phenoxy) is 1. The van der Waals surface area contributed by atoms with Crippen LogP contribution in [0, 0.1) is 5.82 Å². The molecular formula is C20H22FNO4. The predicted molar refractivity (Wildman–Crippen MR) is 96.1 cm³/mol. The normalized spacial score (nSPS) is 11.1. The first-order valence-electron chi connectivity index (χ1n) is 8.21. The van der Waals surface area contributed by atoms with Gasteiger partial charge in [-0.1, -0.05) is 24.3 Å². The Balaban J connectivity index is 2.04. The minimum atomic E-state index is -1.03. The van der Waals surface area contributed by atoms with E-state index in [1.807, 2.05) is 0 Å². The van der Waals surface area contributed by atoms with Crippen molar-refractivity contribution in [2.24, 2.45) is 0 Å². The fraction of sp³-hybridized carbons (Fsp3) is 0.300. The number of rotatable bonds is 7. The van der Waals surface area contributed by atoms with E-state index in [9.17, 15) is 14.0 Å². The molecule has 0 heterocycles. The van der Waals surface area contributed by atoms with E-state index in [0.717, 1.165) is 5.56 Å². The first-order valence-corrected chi connectivity index (χ1v) is 8.21. The molecule has 0 saturated heterocycles. The largest absolute Gasteiger partial charge is 0.496 e. The van der Waals surface area contributed by atoms with Crippen molar-refractivity contribution in [1.29, 1.82) is 0 Å². The molecule has 1 amide bonds. The van der Waals surface area contributed by atoms with Crippen LogP contribution in [0.2, 0.25) is 0 Å². The molecule has 0 atom stereocenters. The van der Waals surface area contributed by atoms with Gasteiger partial charge in [-0.3, -0.25) is 4.79 Å². The third-order valence-electron chi connectivity index (χ3n) is 4.33. The molecular weight excluding hydrogens is 337 g/mol. The lowest BCUT2D eigenvalue weighted by molar-refractivity contribution is -0.125. The lowest BCUT2D eigenvalue weighted by Crippen LogP contribution is -2.41. The number of halogens is 1. The smallest absolute Gasteiger partial charge is 0.335 e. The highest BCUT2D eigenvalue weighted by Gasteiger charge is 2.31. The van der Waals surface area contributed by atoms with Crippen LogP contribution < -0.4 is 10.1 Å². The third-order valence-corrected chi connectivity index (χ3v) is 4.33. The molecule has 138 valence electrons. The lowest BCUT2D eigenvalue weighted by atomic mass is 9.83. The van der Waals surface area contributed by atoms with Crippen LogP contribution in [0.4, 0.5) is 4.39 Å². The van der Waals surface area contributed by atoms with Crippen LogP contribution in [0.3, 0.4) is 0 Å². The summed E-state index contributed by atoms with van der Waals surface area (Å²) in [7, 11) is 1.46. The molecule has 0 aliphatic rings. The van der Waals surface area contributed by atoms with Crippen LogP contribution in [0.15, 0.2) is 42.5 Å². The highest BCUT2D eigenvalue weighted by Crippen LogP contribution is 2.26. The van der Waals surface area contributed by atoms with Crippen molar-refractivity contribution in [2.45, 2.75) is 25.7 Å². The summed E-state index contributed by atoms with van der Waals surface area (Å²) < 4.78 is 19.2. The zero-order valence-electron chi connectivity index (χ0n) is 15.0. The fourth-order valence-corrected chi connectivity index (χ4v) is 2.71. The molecule has 0 radical (unpaired) electrons. The van der Waals surface area contributed by atoms with E-state index in [2.05, 4.69) is 5.32 Å². The van der Waals surface area contributed by atoms with Crippen LogP contribution in [0.5, 0.6) is 5.75 Å². The Labute approximate surface area is 151 Å². The Morgan fingerprint density at radius 2 is 1.88 bits per heavy atom. The predicted octanol–water partition coefficient (Wildman–Crippen LogP) is 3.17. The number of carbonyl (C=O) groups is 2. The topological polar surface area (TPSA) is 75.6 Å². The van der Waals surface area contributed by atoms with E-state index >= 15 is 0 Å². The minimum absolute atomic E-state index is 0.135. The third kappa shape index (κ3) is 4.20. The number of carbonyl (C=O) groups excluding carboxylic acids is 1. The van der Waals surface area contributed by atoms with E-state index in [0.29, 0.717) is 24.3 Å². The SMILES string of the molecule is COc1cc(C(=O)O)ccc1CCNC(=O)C(C)(C)c1ccccc1F. The molecule has 0 aromatic heterocycles. The second kappa shape index (κ2) is 7.99. The summed E-state index contributed by atoms with van der Waals surface area (Å²) in [6.45, 7) is 3.66. The first-order chi connectivity index (χ1) is 12.3. The molecule has 2 aromatic carbocycles. The van der Waals surface area contributed by atoms with Gasteiger partial charge in [-0.15, -0.1) is 0 Å². The summed E-state index contributed by atoms with van der Waals surface area (Å²) in [5.74, 6) is -1.29. The summed E-state index contributed by atoms with van der Waals surface area (Å²) in [6.07, 6.45) is 0.460. The van der Waals surface area contributed by atoms with Gasteiger partial charge in [0.15, 0.2) is 0 Å². The van der Waals surface area contributed by atoms with Gasteiger partial charge in [0.05, 0.1) is 18.1 Å². The average molecular weight is 359 g/mol. The second-order valence-corrected chi connectivity index (χ2v) is 6.44. The van der Waals surface area contributed by atoms with Gasteiger partial charge in [0.25, 0.3) is 0 Å². The van der Waals surface area contributed by atoms with Crippen molar-refractivity contribution >= 4 is 11.9 Å². The Morgan fingerprint density at radius 1 is 1.19 bits per heavy atom. The quantitative estimate of drug-likeness (QED) is 0.796. The lowest BCUT2D eigenvalue weighted by Gasteiger charge is -2.24. The van der Waals surface area contributed by atoms with Crippen LogP contribution in [-0.4, -0.2) is 30.6 Å². The van der Waals surface area contributed by atoms with E-state index in [-0.39, 0.29) is 11.5 Å². The van der Waals surface area contributed by atoms with Gasteiger partial charge in [0.1, 0.15) is 11.6 Å². The van der Waals surface area contributed by atoms with Gasteiger partial charge in [-0.2, -0.15) is 0 Å². The van der Waals surface area contributed by atoms with Gasteiger partial charge in [-0.05, 0) is 44.0 Å². The summed E-state index contributed by atoms with van der Waals surface area (Å²) >= 11 is 0. The number of amides is 1. The number of hydrogen-bond acceptors (Lipinski definition) is 3. The highest BCUT2D eigenvalue weighted by atomic mass is 19.1. The number of hydrogen-bond donors (Lipinski definition) is 2. The van der Waals surface area contributed by atoms with E-state index < -0.39 is 17.2 Å². The zero-order valence-corrected chi connectivity index (χ0v) is 15.0. The van der Waals surface area contributed by atoms with Gasteiger partial charge in [0, 0.05) is 12.1 Å². The summed E-state index contributed by atoms with van der Waals surface area (Å²) in [5.41, 5.74) is 0.237. The van der Waals surface area contributed by atoms with Crippen molar-refractivity contribution in [1.82, 2.24) is 5.32 Å².